The lowest BCUT2D eigenvalue weighted by Crippen LogP contribution is -2.47. The largest absolute Gasteiger partial charge is 0.365 e. The topological polar surface area (TPSA) is 37.2 Å². The molecule has 4 rings (SSSR count). The number of likely N-dealkylation sites (tertiary alicyclic amines) is 1. The van der Waals surface area contributed by atoms with E-state index in [1.165, 1.54) is 43.7 Å². The van der Waals surface area contributed by atoms with Crippen molar-refractivity contribution < 1.29 is 0 Å². The molecule has 0 N–H and O–H groups in total. The van der Waals surface area contributed by atoms with Crippen molar-refractivity contribution >= 4 is 5.69 Å². The first-order valence-electron chi connectivity index (χ1n) is 8.76. The van der Waals surface area contributed by atoms with Crippen molar-refractivity contribution in [3.63, 3.8) is 0 Å². The van der Waals surface area contributed by atoms with E-state index in [1.807, 2.05) is 10.9 Å². The maximum atomic E-state index is 4.13. The third-order valence-electron chi connectivity index (χ3n) is 5.42. The molecule has 1 aromatic carbocycles. The van der Waals surface area contributed by atoms with Crippen LogP contribution in [0.25, 0.3) is 5.69 Å². The molecule has 2 aromatic rings. The Morgan fingerprint density at radius 1 is 1.22 bits per heavy atom. The van der Waals surface area contributed by atoms with Gasteiger partial charge in [-0.05, 0) is 50.4 Å². The first-order chi connectivity index (χ1) is 11.3. The first-order valence-corrected chi connectivity index (χ1v) is 8.76. The molecule has 2 aliphatic rings. The third kappa shape index (κ3) is 2.63. The molecule has 0 spiro atoms. The zero-order chi connectivity index (χ0) is 15.8. The molecule has 1 atom stereocenters. The summed E-state index contributed by atoms with van der Waals surface area (Å²) < 4.78 is 1.85. The van der Waals surface area contributed by atoms with Crippen molar-refractivity contribution in [2.45, 2.75) is 45.2 Å². The van der Waals surface area contributed by atoms with Crippen LogP contribution >= 0.6 is 0 Å². The molecule has 1 aromatic heterocycles. The zero-order valence-electron chi connectivity index (χ0n) is 14.0. The highest BCUT2D eigenvalue weighted by Crippen LogP contribution is 2.37. The van der Waals surface area contributed by atoms with Gasteiger partial charge >= 0.3 is 0 Å². The minimum atomic E-state index is 0.592. The molecular formula is C18H25N5. The van der Waals surface area contributed by atoms with E-state index in [9.17, 15) is 0 Å². The molecule has 1 saturated heterocycles. The number of benzene rings is 1. The molecule has 0 amide bonds. The molecule has 0 aliphatic carbocycles. The lowest BCUT2D eigenvalue weighted by atomic mass is 10.0. The van der Waals surface area contributed by atoms with E-state index in [0.717, 1.165) is 12.1 Å². The maximum Gasteiger partial charge on any atom is 0.0697 e. The summed E-state index contributed by atoms with van der Waals surface area (Å²) in [6.07, 6.45) is 7.33. The minimum absolute atomic E-state index is 0.592. The van der Waals surface area contributed by atoms with E-state index in [-0.39, 0.29) is 0 Å². The van der Waals surface area contributed by atoms with Crippen LogP contribution in [0.15, 0.2) is 30.6 Å². The Bertz CT molecular complexity index is 658. The van der Waals surface area contributed by atoms with Crippen molar-refractivity contribution in [2.24, 2.45) is 0 Å². The van der Waals surface area contributed by atoms with Crippen molar-refractivity contribution in [3.8, 4) is 5.69 Å². The number of nitrogens with zero attached hydrogens (tertiary/aromatic N) is 5. The van der Waals surface area contributed by atoms with E-state index in [4.69, 9.17) is 0 Å². The van der Waals surface area contributed by atoms with Crippen molar-refractivity contribution in [3.05, 3.63) is 36.2 Å². The molecule has 3 heterocycles. The quantitative estimate of drug-likeness (QED) is 0.873. The molecule has 5 nitrogen and oxygen atoms in total. The van der Waals surface area contributed by atoms with Crippen LogP contribution in [0.1, 0.15) is 32.3 Å². The fourth-order valence-corrected chi connectivity index (χ4v) is 4.18. The van der Waals surface area contributed by atoms with E-state index < -0.39 is 0 Å². The van der Waals surface area contributed by atoms with Crippen LogP contribution < -0.4 is 4.90 Å². The Hall–Kier alpha value is -1.88. The standard InChI is InChI=1S/C18H25N5/c1-3-21-9-6-16(7-10-21)23-14(2)12-15-4-5-17(13-18(15)23)22-11-8-19-20-22/h4-5,8,11,13-14,16H,3,6-7,9-10,12H2,1-2H3. The monoisotopic (exact) mass is 311 g/mol. The van der Waals surface area contributed by atoms with Gasteiger partial charge in [-0.15, -0.1) is 5.10 Å². The van der Waals surface area contributed by atoms with Gasteiger partial charge in [0.2, 0.25) is 0 Å². The lowest BCUT2D eigenvalue weighted by molar-refractivity contribution is 0.216. The van der Waals surface area contributed by atoms with E-state index in [2.05, 4.69) is 52.2 Å². The number of fused-ring (bicyclic) bond motifs is 1. The summed E-state index contributed by atoms with van der Waals surface area (Å²) in [6.45, 7) is 8.25. The predicted octanol–water partition coefficient (Wildman–Crippen LogP) is 2.50. The number of rotatable bonds is 3. The second-order valence-electron chi connectivity index (χ2n) is 6.79. The van der Waals surface area contributed by atoms with Crippen LogP contribution in [-0.4, -0.2) is 51.6 Å². The van der Waals surface area contributed by atoms with E-state index in [0.29, 0.717) is 12.1 Å². The average Bonchev–Trinajstić information content (AvgIpc) is 3.21. The SMILES string of the molecule is CCN1CCC(N2c3cc(-n4ccnn4)ccc3CC2C)CC1. The van der Waals surface area contributed by atoms with Crippen molar-refractivity contribution in [1.29, 1.82) is 0 Å². The Kier molecular flexibility index (Phi) is 3.81. The van der Waals surface area contributed by atoms with Crippen LogP contribution in [0.5, 0.6) is 0 Å². The van der Waals surface area contributed by atoms with Gasteiger partial charge in [-0.2, -0.15) is 0 Å². The van der Waals surface area contributed by atoms with Gasteiger partial charge in [-0.25, -0.2) is 4.68 Å². The smallest absolute Gasteiger partial charge is 0.0697 e. The van der Waals surface area contributed by atoms with Crippen LogP contribution in [0.4, 0.5) is 5.69 Å². The zero-order valence-corrected chi connectivity index (χ0v) is 14.0. The second-order valence-corrected chi connectivity index (χ2v) is 6.79. The van der Waals surface area contributed by atoms with Crippen molar-refractivity contribution in [1.82, 2.24) is 19.9 Å². The highest BCUT2D eigenvalue weighted by atomic mass is 15.4. The fourth-order valence-electron chi connectivity index (χ4n) is 4.18. The molecule has 122 valence electrons. The highest BCUT2D eigenvalue weighted by Gasteiger charge is 2.33. The average molecular weight is 311 g/mol. The van der Waals surface area contributed by atoms with Gasteiger partial charge in [-0.3, -0.25) is 0 Å². The van der Waals surface area contributed by atoms with Gasteiger partial charge in [0.15, 0.2) is 0 Å². The molecule has 1 unspecified atom stereocenters. The van der Waals surface area contributed by atoms with Gasteiger partial charge in [0.1, 0.15) is 0 Å². The van der Waals surface area contributed by atoms with Gasteiger partial charge in [0.25, 0.3) is 0 Å². The number of hydrogen-bond acceptors (Lipinski definition) is 4. The number of piperidine rings is 1. The first kappa shape index (κ1) is 14.7. The van der Waals surface area contributed by atoms with Gasteiger partial charge < -0.3 is 9.80 Å². The Morgan fingerprint density at radius 2 is 2.04 bits per heavy atom. The Morgan fingerprint density at radius 3 is 2.74 bits per heavy atom. The summed E-state index contributed by atoms with van der Waals surface area (Å²) in [5.74, 6) is 0. The minimum Gasteiger partial charge on any atom is -0.365 e. The molecule has 1 fully saturated rings. The Labute approximate surface area is 137 Å². The summed E-state index contributed by atoms with van der Waals surface area (Å²) in [6, 6.07) is 7.97. The van der Waals surface area contributed by atoms with Gasteiger partial charge in [-0.1, -0.05) is 18.2 Å². The van der Waals surface area contributed by atoms with E-state index >= 15 is 0 Å². The van der Waals surface area contributed by atoms with E-state index in [1.54, 1.807) is 6.20 Å². The summed E-state index contributed by atoms with van der Waals surface area (Å²) in [5.41, 5.74) is 3.98. The highest BCUT2D eigenvalue weighted by molar-refractivity contribution is 5.64. The van der Waals surface area contributed by atoms with Crippen molar-refractivity contribution in [2.75, 3.05) is 24.5 Å². The Balaban J connectivity index is 1.62. The molecule has 2 aliphatic heterocycles. The second kappa shape index (κ2) is 5.96. The summed E-state index contributed by atoms with van der Waals surface area (Å²) in [7, 11) is 0. The molecule has 23 heavy (non-hydrogen) atoms. The number of aromatic nitrogens is 3. The lowest BCUT2D eigenvalue weighted by Gasteiger charge is -2.40. The normalized spacial score (nSPS) is 22.5. The molecule has 5 heteroatoms. The van der Waals surface area contributed by atoms with Crippen LogP contribution in [0.2, 0.25) is 0 Å². The van der Waals surface area contributed by atoms with Crippen LogP contribution in [0, 0.1) is 0 Å². The number of anilines is 1. The summed E-state index contributed by atoms with van der Waals surface area (Å²) in [5, 5.41) is 8.06. The third-order valence-corrected chi connectivity index (χ3v) is 5.42. The van der Waals surface area contributed by atoms with Gasteiger partial charge in [0, 0.05) is 30.9 Å². The van der Waals surface area contributed by atoms with Gasteiger partial charge in [0.05, 0.1) is 18.1 Å². The van der Waals surface area contributed by atoms with Crippen LogP contribution in [0.3, 0.4) is 0 Å². The molecular weight excluding hydrogens is 286 g/mol. The van der Waals surface area contributed by atoms with Crippen LogP contribution in [-0.2, 0) is 6.42 Å². The molecule has 0 saturated carbocycles. The summed E-state index contributed by atoms with van der Waals surface area (Å²) >= 11 is 0. The number of hydrogen-bond donors (Lipinski definition) is 0. The summed E-state index contributed by atoms with van der Waals surface area (Å²) in [4.78, 5) is 5.23. The predicted molar refractivity (Wildman–Crippen MR) is 92.1 cm³/mol. The molecule has 0 bridgehead atoms. The fraction of sp³-hybridized carbons (Fsp3) is 0.556. The molecule has 0 radical (unpaired) electrons. The maximum absolute atomic E-state index is 4.13.